The van der Waals surface area contributed by atoms with E-state index in [-0.39, 0.29) is 23.8 Å². The number of benzene rings is 1. The molecule has 174 valence electrons. The summed E-state index contributed by atoms with van der Waals surface area (Å²) in [6.45, 7) is 2.28. The largest absolute Gasteiger partial charge is 0.369 e. The highest BCUT2D eigenvalue weighted by molar-refractivity contribution is 6.04. The first-order valence-electron chi connectivity index (χ1n) is 11.3. The van der Waals surface area contributed by atoms with Crippen molar-refractivity contribution in [1.82, 2.24) is 24.3 Å². The Morgan fingerprint density at radius 2 is 1.91 bits per heavy atom. The van der Waals surface area contributed by atoms with Gasteiger partial charge in [-0.3, -0.25) is 14.0 Å². The van der Waals surface area contributed by atoms with Gasteiger partial charge in [0.25, 0.3) is 11.8 Å². The first-order chi connectivity index (χ1) is 17.1. The molecule has 0 aliphatic carbocycles. The molecule has 1 atom stereocenters. The standard InChI is InChI=1S/C26H23N7O2/c1-2-6-22(34)32-16-5-7-19(32)23-20-13-15-29-26(27)33(20)24(31-23)17-9-11-18(12-10-17)25(35)30-21-8-3-4-14-28-21/h3-4,8-15,19H,5,7,16H2,1H3,(H2,27,29)(H,28,30,35)/t19-/m1/s1. The number of nitrogens with one attached hydrogen (secondary N) is 1. The van der Waals surface area contributed by atoms with Crippen molar-refractivity contribution in [2.24, 2.45) is 0 Å². The highest BCUT2D eigenvalue weighted by Gasteiger charge is 2.33. The van der Waals surface area contributed by atoms with Crippen molar-refractivity contribution in [3.8, 4) is 23.2 Å². The van der Waals surface area contributed by atoms with Crippen LogP contribution in [-0.2, 0) is 4.79 Å². The molecule has 9 heteroatoms. The lowest BCUT2D eigenvalue weighted by atomic mass is 10.1. The van der Waals surface area contributed by atoms with Crippen LogP contribution < -0.4 is 11.1 Å². The minimum absolute atomic E-state index is 0.197. The molecule has 0 radical (unpaired) electrons. The van der Waals surface area contributed by atoms with Crippen molar-refractivity contribution < 1.29 is 9.59 Å². The van der Waals surface area contributed by atoms with Gasteiger partial charge in [0.1, 0.15) is 11.6 Å². The normalized spacial score (nSPS) is 15.0. The van der Waals surface area contributed by atoms with Crippen molar-refractivity contribution in [2.45, 2.75) is 25.8 Å². The lowest BCUT2D eigenvalue weighted by Crippen LogP contribution is -2.29. The summed E-state index contributed by atoms with van der Waals surface area (Å²) in [5, 5.41) is 2.77. The number of carbonyl (C=O) groups is 2. The van der Waals surface area contributed by atoms with E-state index in [4.69, 9.17) is 10.7 Å². The van der Waals surface area contributed by atoms with Crippen LogP contribution in [-0.4, -0.2) is 42.6 Å². The van der Waals surface area contributed by atoms with Crippen LogP contribution in [0.2, 0.25) is 0 Å². The third-order valence-electron chi connectivity index (χ3n) is 5.98. The van der Waals surface area contributed by atoms with Crippen LogP contribution in [0.15, 0.2) is 60.9 Å². The molecule has 0 bridgehead atoms. The number of aromatic nitrogens is 4. The number of anilines is 2. The molecule has 5 rings (SSSR count). The second-order valence-electron chi connectivity index (χ2n) is 8.12. The topological polar surface area (TPSA) is 119 Å². The second-order valence-corrected chi connectivity index (χ2v) is 8.12. The monoisotopic (exact) mass is 465 g/mol. The molecule has 3 aromatic heterocycles. The zero-order valence-electron chi connectivity index (χ0n) is 19.1. The molecule has 35 heavy (non-hydrogen) atoms. The van der Waals surface area contributed by atoms with E-state index < -0.39 is 0 Å². The van der Waals surface area contributed by atoms with E-state index in [2.05, 4.69) is 27.1 Å². The van der Waals surface area contributed by atoms with Gasteiger partial charge < -0.3 is 16.0 Å². The van der Waals surface area contributed by atoms with Crippen molar-refractivity contribution in [3.05, 3.63) is 72.2 Å². The summed E-state index contributed by atoms with van der Waals surface area (Å²) in [7, 11) is 0. The number of pyridine rings is 1. The number of hydrogen-bond acceptors (Lipinski definition) is 6. The molecule has 0 spiro atoms. The third kappa shape index (κ3) is 4.17. The number of amides is 2. The van der Waals surface area contributed by atoms with Crippen LogP contribution in [0, 0.1) is 11.8 Å². The molecule has 9 nitrogen and oxygen atoms in total. The Morgan fingerprint density at radius 1 is 1.09 bits per heavy atom. The van der Waals surface area contributed by atoms with E-state index in [0.717, 1.165) is 29.6 Å². The van der Waals surface area contributed by atoms with Crippen molar-refractivity contribution >= 4 is 29.1 Å². The minimum Gasteiger partial charge on any atom is -0.369 e. The average molecular weight is 466 g/mol. The van der Waals surface area contributed by atoms with Gasteiger partial charge >= 0.3 is 0 Å². The fourth-order valence-corrected chi connectivity index (χ4v) is 4.39. The Balaban J connectivity index is 1.51. The predicted molar refractivity (Wildman–Crippen MR) is 132 cm³/mol. The lowest BCUT2D eigenvalue weighted by molar-refractivity contribution is -0.126. The van der Waals surface area contributed by atoms with Crippen LogP contribution in [0.5, 0.6) is 0 Å². The quantitative estimate of drug-likeness (QED) is 0.447. The van der Waals surface area contributed by atoms with Crippen LogP contribution in [0.25, 0.3) is 16.9 Å². The summed E-state index contributed by atoms with van der Waals surface area (Å²) in [5.41, 5.74) is 9.05. The van der Waals surface area contributed by atoms with Crippen molar-refractivity contribution in [1.29, 1.82) is 0 Å². The van der Waals surface area contributed by atoms with E-state index in [9.17, 15) is 9.59 Å². The molecule has 1 fully saturated rings. The van der Waals surface area contributed by atoms with Crippen LogP contribution in [0.3, 0.4) is 0 Å². The van der Waals surface area contributed by atoms with Gasteiger partial charge in [0.15, 0.2) is 0 Å². The van der Waals surface area contributed by atoms with E-state index in [1.807, 2.05) is 18.2 Å². The Kier molecular flexibility index (Phi) is 5.85. The molecule has 1 saturated heterocycles. The van der Waals surface area contributed by atoms with Crippen LogP contribution in [0.4, 0.5) is 11.8 Å². The zero-order valence-corrected chi connectivity index (χ0v) is 19.1. The number of nitrogen functional groups attached to an aromatic ring is 1. The van der Waals surface area contributed by atoms with Gasteiger partial charge in [-0.2, -0.15) is 0 Å². The first-order valence-corrected chi connectivity index (χ1v) is 11.3. The van der Waals surface area contributed by atoms with Gasteiger partial charge in [-0.1, -0.05) is 24.1 Å². The fourth-order valence-electron chi connectivity index (χ4n) is 4.39. The Morgan fingerprint density at radius 3 is 2.66 bits per heavy atom. The number of rotatable bonds is 4. The van der Waals surface area contributed by atoms with E-state index in [0.29, 0.717) is 23.8 Å². The molecule has 1 aliphatic heterocycles. The first kappa shape index (κ1) is 22.1. The van der Waals surface area contributed by atoms with Gasteiger partial charge in [0.2, 0.25) is 5.95 Å². The minimum atomic E-state index is -0.262. The predicted octanol–water partition coefficient (Wildman–Crippen LogP) is 3.31. The van der Waals surface area contributed by atoms with Gasteiger partial charge in [-0.25, -0.2) is 15.0 Å². The van der Waals surface area contributed by atoms with Crippen LogP contribution >= 0.6 is 0 Å². The van der Waals surface area contributed by atoms with Crippen molar-refractivity contribution in [3.63, 3.8) is 0 Å². The summed E-state index contributed by atoms with van der Waals surface area (Å²) in [5.74, 6) is 6.23. The zero-order chi connectivity index (χ0) is 24.4. The summed E-state index contributed by atoms with van der Waals surface area (Å²) in [6.07, 6.45) is 4.92. The third-order valence-corrected chi connectivity index (χ3v) is 5.98. The summed E-state index contributed by atoms with van der Waals surface area (Å²) < 4.78 is 1.78. The molecule has 1 aliphatic rings. The maximum absolute atomic E-state index is 12.6. The molecular weight excluding hydrogens is 442 g/mol. The number of fused-ring (bicyclic) bond motifs is 1. The number of likely N-dealkylation sites (tertiary alicyclic amines) is 1. The summed E-state index contributed by atoms with van der Waals surface area (Å²) >= 11 is 0. The number of imidazole rings is 1. The van der Waals surface area contributed by atoms with E-state index in [1.54, 1.807) is 58.9 Å². The van der Waals surface area contributed by atoms with Gasteiger partial charge in [0.05, 0.1) is 17.3 Å². The summed E-state index contributed by atoms with van der Waals surface area (Å²) in [4.78, 5) is 40.2. The Hall–Kier alpha value is -4.71. The van der Waals surface area contributed by atoms with E-state index >= 15 is 0 Å². The molecule has 0 unspecified atom stereocenters. The molecule has 3 N–H and O–H groups in total. The average Bonchev–Trinajstić information content (AvgIpc) is 3.51. The molecule has 4 aromatic rings. The molecule has 0 saturated carbocycles. The number of nitrogens with two attached hydrogens (primary N) is 1. The number of hydrogen-bond donors (Lipinski definition) is 2. The molecule has 2 amide bonds. The molecule has 1 aromatic carbocycles. The number of carbonyl (C=O) groups excluding carboxylic acids is 2. The Labute approximate surface area is 202 Å². The van der Waals surface area contributed by atoms with E-state index in [1.165, 1.54) is 0 Å². The highest BCUT2D eigenvalue weighted by Crippen LogP contribution is 2.36. The lowest BCUT2D eigenvalue weighted by Gasteiger charge is -2.21. The fraction of sp³-hybridized carbons (Fsp3) is 0.192. The maximum Gasteiger partial charge on any atom is 0.299 e. The summed E-state index contributed by atoms with van der Waals surface area (Å²) in [6, 6.07) is 14.1. The maximum atomic E-state index is 12.6. The van der Waals surface area contributed by atoms with Gasteiger partial charge in [0, 0.05) is 30.1 Å². The number of nitrogens with zero attached hydrogens (tertiary/aromatic N) is 5. The molecule has 4 heterocycles. The van der Waals surface area contributed by atoms with Crippen LogP contribution in [0.1, 0.15) is 41.9 Å². The smallest absolute Gasteiger partial charge is 0.299 e. The second kappa shape index (κ2) is 9.27. The van der Waals surface area contributed by atoms with Crippen molar-refractivity contribution in [2.75, 3.05) is 17.6 Å². The highest BCUT2D eigenvalue weighted by atomic mass is 16.2. The molecular formula is C26H23N7O2. The SMILES string of the molecule is CC#CC(=O)N1CCC[C@@H]1c1nc(-c2ccc(C(=O)Nc3ccccn3)cc2)n2c(N)nccc12. The van der Waals surface area contributed by atoms with Gasteiger partial charge in [-0.15, -0.1) is 0 Å². The Bertz CT molecular complexity index is 1470. The van der Waals surface area contributed by atoms with Gasteiger partial charge in [-0.05, 0) is 56.0 Å².